The second-order valence-corrected chi connectivity index (χ2v) is 5.17. The van der Waals surface area contributed by atoms with Crippen molar-refractivity contribution >= 4 is 22.9 Å². The van der Waals surface area contributed by atoms with Crippen LogP contribution in [0.2, 0.25) is 0 Å². The van der Waals surface area contributed by atoms with Gasteiger partial charge in [0.05, 0.1) is 12.7 Å². The van der Waals surface area contributed by atoms with E-state index in [1.54, 1.807) is 0 Å². The van der Waals surface area contributed by atoms with E-state index < -0.39 is 0 Å². The molecule has 1 aromatic rings. The zero-order chi connectivity index (χ0) is 13.7. The summed E-state index contributed by atoms with van der Waals surface area (Å²) in [6, 6.07) is 6.15. The van der Waals surface area contributed by atoms with Crippen LogP contribution in [0.25, 0.3) is 0 Å². The number of rotatable bonds is 6. The first-order valence-corrected chi connectivity index (χ1v) is 6.56. The molecule has 0 bridgehead atoms. The average Bonchev–Trinajstić information content (AvgIpc) is 2.28. The zero-order valence-corrected chi connectivity index (χ0v) is 12.4. The van der Waals surface area contributed by atoms with Crippen molar-refractivity contribution in [1.82, 2.24) is 0 Å². The molecule has 3 nitrogen and oxygen atoms in total. The smallest absolute Gasteiger partial charge is 0.106 e. The summed E-state index contributed by atoms with van der Waals surface area (Å²) in [6.07, 6.45) is 0.256. The van der Waals surface area contributed by atoms with E-state index in [1.807, 2.05) is 33.9 Å². The SMILES string of the molecule is Cc1ccc(N(C)CCOC(C)C)c(C(N)=S)c1. The van der Waals surface area contributed by atoms with Crippen LogP contribution in [-0.2, 0) is 4.74 Å². The number of likely N-dealkylation sites (N-methyl/N-ethyl adjacent to an activating group) is 1. The number of nitrogens with two attached hydrogens (primary N) is 1. The van der Waals surface area contributed by atoms with Gasteiger partial charge in [0.25, 0.3) is 0 Å². The molecule has 0 amide bonds. The van der Waals surface area contributed by atoms with Gasteiger partial charge in [0.2, 0.25) is 0 Å². The molecule has 0 atom stereocenters. The summed E-state index contributed by atoms with van der Waals surface area (Å²) >= 11 is 5.10. The van der Waals surface area contributed by atoms with E-state index in [1.165, 1.54) is 0 Å². The van der Waals surface area contributed by atoms with Gasteiger partial charge in [0.1, 0.15) is 4.99 Å². The van der Waals surface area contributed by atoms with E-state index in [0.29, 0.717) is 11.6 Å². The summed E-state index contributed by atoms with van der Waals surface area (Å²) in [6.45, 7) is 7.61. The Balaban J connectivity index is 2.78. The predicted octanol–water partition coefficient (Wildman–Crippen LogP) is 2.49. The lowest BCUT2D eigenvalue weighted by Gasteiger charge is -2.23. The summed E-state index contributed by atoms with van der Waals surface area (Å²) in [4.78, 5) is 2.56. The van der Waals surface area contributed by atoms with E-state index >= 15 is 0 Å². The van der Waals surface area contributed by atoms with Crippen molar-refractivity contribution in [3.63, 3.8) is 0 Å². The van der Waals surface area contributed by atoms with Crippen LogP contribution < -0.4 is 10.6 Å². The highest BCUT2D eigenvalue weighted by atomic mass is 32.1. The largest absolute Gasteiger partial charge is 0.389 e. The molecular formula is C14H22N2OS. The van der Waals surface area contributed by atoms with Crippen LogP contribution >= 0.6 is 12.2 Å². The lowest BCUT2D eigenvalue weighted by molar-refractivity contribution is 0.0846. The number of hydrogen-bond donors (Lipinski definition) is 1. The molecule has 0 aliphatic rings. The van der Waals surface area contributed by atoms with Crippen molar-refractivity contribution in [2.45, 2.75) is 26.9 Å². The second kappa shape index (κ2) is 6.71. The van der Waals surface area contributed by atoms with E-state index in [0.717, 1.165) is 23.4 Å². The van der Waals surface area contributed by atoms with Crippen molar-refractivity contribution in [3.05, 3.63) is 29.3 Å². The number of nitrogens with zero attached hydrogens (tertiary/aromatic N) is 1. The number of ether oxygens (including phenoxy) is 1. The molecule has 0 spiro atoms. The normalized spacial score (nSPS) is 10.7. The quantitative estimate of drug-likeness (QED) is 0.803. The molecule has 0 aromatic heterocycles. The lowest BCUT2D eigenvalue weighted by Crippen LogP contribution is -2.26. The van der Waals surface area contributed by atoms with Crippen molar-refractivity contribution in [2.24, 2.45) is 5.73 Å². The van der Waals surface area contributed by atoms with Crippen LogP contribution in [0.1, 0.15) is 25.0 Å². The van der Waals surface area contributed by atoms with Crippen LogP contribution in [-0.4, -0.2) is 31.3 Å². The van der Waals surface area contributed by atoms with E-state index in [9.17, 15) is 0 Å². The van der Waals surface area contributed by atoms with Gasteiger partial charge in [-0.2, -0.15) is 0 Å². The Morgan fingerprint density at radius 3 is 2.67 bits per heavy atom. The van der Waals surface area contributed by atoms with Gasteiger partial charge >= 0.3 is 0 Å². The van der Waals surface area contributed by atoms with Gasteiger partial charge in [-0.05, 0) is 32.9 Å². The van der Waals surface area contributed by atoms with Crippen LogP contribution in [0.3, 0.4) is 0 Å². The molecule has 0 unspecified atom stereocenters. The molecule has 0 aliphatic carbocycles. The van der Waals surface area contributed by atoms with Gasteiger partial charge in [-0.3, -0.25) is 0 Å². The average molecular weight is 266 g/mol. The maximum atomic E-state index is 5.77. The molecule has 0 fully saturated rings. The highest BCUT2D eigenvalue weighted by Crippen LogP contribution is 2.20. The summed E-state index contributed by atoms with van der Waals surface area (Å²) < 4.78 is 5.55. The molecule has 0 aliphatic heterocycles. The van der Waals surface area contributed by atoms with Crippen LogP contribution in [0.5, 0.6) is 0 Å². The zero-order valence-electron chi connectivity index (χ0n) is 11.6. The molecule has 100 valence electrons. The number of aryl methyl sites for hydroxylation is 1. The molecule has 2 N–H and O–H groups in total. The number of hydrogen-bond acceptors (Lipinski definition) is 3. The van der Waals surface area contributed by atoms with Crippen molar-refractivity contribution in [2.75, 3.05) is 25.1 Å². The third kappa shape index (κ3) is 4.27. The highest BCUT2D eigenvalue weighted by Gasteiger charge is 2.10. The van der Waals surface area contributed by atoms with Gasteiger partial charge in [0.15, 0.2) is 0 Å². The monoisotopic (exact) mass is 266 g/mol. The summed E-state index contributed by atoms with van der Waals surface area (Å²) in [5.74, 6) is 0. The first-order valence-electron chi connectivity index (χ1n) is 6.15. The topological polar surface area (TPSA) is 38.5 Å². The third-order valence-electron chi connectivity index (χ3n) is 2.71. The molecule has 1 aromatic carbocycles. The molecule has 0 saturated carbocycles. The first-order chi connectivity index (χ1) is 8.41. The fourth-order valence-electron chi connectivity index (χ4n) is 1.73. The molecule has 0 heterocycles. The van der Waals surface area contributed by atoms with Gasteiger partial charge in [-0.25, -0.2) is 0 Å². The number of anilines is 1. The maximum Gasteiger partial charge on any atom is 0.106 e. The number of benzene rings is 1. The summed E-state index contributed by atoms with van der Waals surface area (Å²) in [5.41, 5.74) is 8.92. The Hall–Kier alpha value is -1.13. The Labute approximate surface area is 115 Å². The molecular weight excluding hydrogens is 244 g/mol. The molecule has 0 saturated heterocycles. The van der Waals surface area contributed by atoms with E-state index in [4.69, 9.17) is 22.7 Å². The molecule has 1 rings (SSSR count). The Morgan fingerprint density at radius 2 is 2.11 bits per heavy atom. The Morgan fingerprint density at radius 1 is 1.44 bits per heavy atom. The third-order valence-corrected chi connectivity index (χ3v) is 2.93. The lowest BCUT2D eigenvalue weighted by atomic mass is 10.1. The fourth-order valence-corrected chi connectivity index (χ4v) is 1.89. The van der Waals surface area contributed by atoms with Crippen LogP contribution in [0.15, 0.2) is 18.2 Å². The van der Waals surface area contributed by atoms with Crippen LogP contribution in [0, 0.1) is 6.92 Å². The summed E-state index contributed by atoms with van der Waals surface area (Å²) in [7, 11) is 2.02. The Kier molecular flexibility index (Phi) is 5.56. The molecule has 0 radical (unpaired) electrons. The molecule has 18 heavy (non-hydrogen) atoms. The van der Waals surface area contributed by atoms with Gasteiger partial charge < -0.3 is 15.4 Å². The standard InChI is InChI=1S/C14H22N2OS/c1-10(2)17-8-7-16(4)13-6-5-11(3)9-12(13)14(15)18/h5-6,9-10H,7-8H2,1-4H3,(H2,15,18). The fraction of sp³-hybridized carbons (Fsp3) is 0.500. The number of thiocarbonyl (C=S) groups is 1. The van der Waals surface area contributed by atoms with Crippen molar-refractivity contribution in [1.29, 1.82) is 0 Å². The first kappa shape index (κ1) is 14.9. The minimum absolute atomic E-state index is 0.256. The highest BCUT2D eigenvalue weighted by molar-refractivity contribution is 7.80. The van der Waals surface area contributed by atoms with E-state index in [-0.39, 0.29) is 6.10 Å². The van der Waals surface area contributed by atoms with Crippen molar-refractivity contribution < 1.29 is 4.74 Å². The van der Waals surface area contributed by atoms with Gasteiger partial charge in [-0.1, -0.05) is 23.8 Å². The summed E-state index contributed by atoms with van der Waals surface area (Å²) in [5, 5.41) is 0. The van der Waals surface area contributed by atoms with Gasteiger partial charge in [-0.15, -0.1) is 0 Å². The molecule has 4 heteroatoms. The minimum atomic E-state index is 0.256. The Bertz CT molecular complexity index is 418. The van der Waals surface area contributed by atoms with E-state index in [2.05, 4.69) is 17.0 Å². The predicted molar refractivity (Wildman–Crippen MR) is 81.4 cm³/mol. The van der Waals surface area contributed by atoms with Crippen molar-refractivity contribution in [3.8, 4) is 0 Å². The van der Waals surface area contributed by atoms with Gasteiger partial charge in [0, 0.05) is 24.8 Å². The maximum absolute atomic E-state index is 5.77. The second-order valence-electron chi connectivity index (χ2n) is 4.73. The van der Waals surface area contributed by atoms with Crippen LogP contribution in [0.4, 0.5) is 5.69 Å². The minimum Gasteiger partial charge on any atom is -0.389 e.